The topological polar surface area (TPSA) is 21.8 Å². The van der Waals surface area contributed by atoms with E-state index in [2.05, 4.69) is 38.1 Å². The standard InChI is InChI=1S/C21H32O2/c1-3-4-5-6-7-8-9-10-11-14-19-15-12-13-16-20(19)22-17-21(2)18-23-21/h11-16H,3-10,17-18H2,1-2H3/b14-11+. The van der Waals surface area contributed by atoms with Gasteiger partial charge >= 0.3 is 0 Å². The maximum absolute atomic E-state index is 5.92. The zero-order valence-corrected chi connectivity index (χ0v) is 14.9. The molecule has 2 rings (SSSR count). The third kappa shape index (κ3) is 7.22. The van der Waals surface area contributed by atoms with E-state index in [1.807, 2.05) is 12.1 Å². The molecule has 1 aliphatic heterocycles. The van der Waals surface area contributed by atoms with Gasteiger partial charge in [-0.25, -0.2) is 0 Å². The second-order valence-electron chi connectivity index (χ2n) is 6.88. The van der Waals surface area contributed by atoms with Crippen molar-refractivity contribution in [2.45, 2.75) is 70.8 Å². The molecule has 0 saturated carbocycles. The highest BCUT2D eigenvalue weighted by atomic mass is 16.6. The third-order valence-corrected chi connectivity index (χ3v) is 4.36. The van der Waals surface area contributed by atoms with Crippen molar-refractivity contribution in [2.24, 2.45) is 0 Å². The largest absolute Gasteiger partial charge is 0.490 e. The second-order valence-corrected chi connectivity index (χ2v) is 6.88. The number of benzene rings is 1. The summed E-state index contributed by atoms with van der Waals surface area (Å²) in [5.41, 5.74) is 1.11. The summed E-state index contributed by atoms with van der Waals surface area (Å²) >= 11 is 0. The van der Waals surface area contributed by atoms with E-state index in [-0.39, 0.29) is 5.60 Å². The number of unbranched alkanes of at least 4 members (excludes halogenated alkanes) is 7. The molecular weight excluding hydrogens is 284 g/mol. The molecule has 128 valence electrons. The molecule has 1 saturated heterocycles. The SMILES string of the molecule is CCCCCCCCC/C=C/c1ccccc1OCC1(C)CO1. The van der Waals surface area contributed by atoms with Crippen molar-refractivity contribution in [2.75, 3.05) is 13.2 Å². The fourth-order valence-corrected chi connectivity index (χ4v) is 2.62. The Morgan fingerprint density at radius 1 is 1.09 bits per heavy atom. The quantitative estimate of drug-likeness (QED) is 0.348. The van der Waals surface area contributed by atoms with E-state index in [4.69, 9.17) is 9.47 Å². The lowest BCUT2D eigenvalue weighted by atomic mass is 10.1. The molecule has 2 nitrogen and oxygen atoms in total. The maximum atomic E-state index is 5.92. The van der Waals surface area contributed by atoms with Gasteiger partial charge in [0.05, 0.1) is 6.61 Å². The van der Waals surface area contributed by atoms with Crippen molar-refractivity contribution >= 4 is 6.08 Å². The average Bonchev–Trinajstić information content (AvgIpc) is 3.30. The summed E-state index contributed by atoms with van der Waals surface area (Å²) in [6.07, 6.45) is 15.2. The van der Waals surface area contributed by atoms with Crippen LogP contribution in [-0.4, -0.2) is 18.8 Å². The first-order valence-corrected chi connectivity index (χ1v) is 9.26. The van der Waals surface area contributed by atoms with Crippen LogP contribution in [0.25, 0.3) is 6.08 Å². The zero-order chi connectivity index (χ0) is 16.4. The summed E-state index contributed by atoms with van der Waals surface area (Å²) < 4.78 is 11.3. The molecule has 23 heavy (non-hydrogen) atoms. The Kier molecular flexibility index (Phi) is 7.67. The lowest BCUT2D eigenvalue weighted by Crippen LogP contribution is -2.17. The van der Waals surface area contributed by atoms with Crippen LogP contribution in [0.5, 0.6) is 5.75 Å². The van der Waals surface area contributed by atoms with Gasteiger partial charge in [0.25, 0.3) is 0 Å². The predicted octanol–water partition coefficient (Wildman–Crippen LogP) is 6.01. The molecular formula is C21H32O2. The number of hydrogen-bond acceptors (Lipinski definition) is 2. The summed E-state index contributed by atoms with van der Waals surface area (Å²) in [4.78, 5) is 0. The van der Waals surface area contributed by atoms with Gasteiger partial charge < -0.3 is 9.47 Å². The highest BCUT2D eigenvalue weighted by Gasteiger charge is 2.40. The fourth-order valence-electron chi connectivity index (χ4n) is 2.62. The van der Waals surface area contributed by atoms with Crippen molar-refractivity contribution < 1.29 is 9.47 Å². The minimum atomic E-state index is -0.0609. The monoisotopic (exact) mass is 316 g/mol. The Hall–Kier alpha value is -1.28. The first-order valence-electron chi connectivity index (χ1n) is 9.26. The van der Waals surface area contributed by atoms with Crippen LogP contribution in [0, 0.1) is 0 Å². The third-order valence-electron chi connectivity index (χ3n) is 4.36. The smallest absolute Gasteiger partial charge is 0.126 e. The molecule has 0 bridgehead atoms. The number of epoxide rings is 1. The van der Waals surface area contributed by atoms with Gasteiger partial charge in [0.1, 0.15) is 18.0 Å². The predicted molar refractivity (Wildman–Crippen MR) is 97.9 cm³/mol. The van der Waals surface area contributed by atoms with E-state index in [1.165, 1.54) is 50.5 Å². The molecule has 1 aromatic rings. The van der Waals surface area contributed by atoms with E-state index >= 15 is 0 Å². The van der Waals surface area contributed by atoms with E-state index in [1.54, 1.807) is 0 Å². The van der Waals surface area contributed by atoms with Crippen LogP contribution in [0.2, 0.25) is 0 Å². The fraction of sp³-hybridized carbons (Fsp3) is 0.619. The highest BCUT2D eigenvalue weighted by Crippen LogP contribution is 2.28. The molecule has 1 fully saturated rings. The minimum Gasteiger partial charge on any atom is -0.490 e. The van der Waals surface area contributed by atoms with Gasteiger partial charge in [-0.15, -0.1) is 0 Å². The van der Waals surface area contributed by atoms with Gasteiger partial charge in [0, 0.05) is 5.56 Å². The highest BCUT2D eigenvalue weighted by molar-refractivity contribution is 5.57. The molecule has 0 radical (unpaired) electrons. The molecule has 2 heteroatoms. The van der Waals surface area contributed by atoms with Gasteiger partial charge in [-0.2, -0.15) is 0 Å². The van der Waals surface area contributed by atoms with Gasteiger partial charge in [-0.1, -0.05) is 75.8 Å². The van der Waals surface area contributed by atoms with Crippen molar-refractivity contribution in [1.29, 1.82) is 0 Å². The Labute approximate surface area is 141 Å². The average molecular weight is 316 g/mol. The molecule has 1 unspecified atom stereocenters. The van der Waals surface area contributed by atoms with Gasteiger partial charge in [0.15, 0.2) is 0 Å². The van der Waals surface area contributed by atoms with Crippen molar-refractivity contribution in [3.8, 4) is 5.75 Å². The summed E-state index contributed by atoms with van der Waals surface area (Å²) in [5.74, 6) is 0.958. The Bertz CT molecular complexity index is 474. The maximum Gasteiger partial charge on any atom is 0.126 e. The molecule has 1 atom stereocenters. The van der Waals surface area contributed by atoms with E-state index < -0.39 is 0 Å². The van der Waals surface area contributed by atoms with Gasteiger partial charge in [-0.05, 0) is 25.8 Å². The van der Waals surface area contributed by atoms with Gasteiger partial charge in [-0.3, -0.25) is 0 Å². The van der Waals surface area contributed by atoms with Gasteiger partial charge in [0.2, 0.25) is 0 Å². The van der Waals surface area contributed by atoms with Crippen LogP contribution in [0.4, 0.5) is 0 Å². The number of allylic oxidation sites excluding steroid dienone is 1. The normalized spacial score (nSPS) is 20.1. The number of para-hydroxylation sites is 1. The molecule has 0 N–H and O–H groups in total. The number of rotatable bonds is 12. The van der Waals surface area contributed by atoms with E-state index in [0.29, 0.717) is 6.61 Å². The van der Waals surface area contributed by atoms with Crippen molar-refractivity contribution in [3.63, 3.8) is 0 Å². The Morgan fingerprint density at radius 3 is 2.52 bits per heavy atom. The summed E-state index contributed by atoms with van der Waals surface area (Å²) in [6, 6.07) is 8.25. The second kappa shape index (κ2) is 9.77. The Balaban J connectivity index is 1.65. The summed E-state index contributed by atoms with van der Waals surface area (Å²) in [7, 11) is 0. The molecule has 0 aromatic heterocycles. The van der Waals surface area contributed by atoms with Crippen LogP contribution in [-0.2, 0) is 4.74 Å². The van der Waals surface area contributed by atoms with Crippen LogP contribution in [0.1, 0.15) is 70.8 Å². The van der Waals surface area contributed by atoms with E-state index in [0.717, 1.165) is 18.8 Å². The lowest BCUT2D eigenvalue weighted by Gasteiger charge is -2.11. The Morgan fingerprint density at radius 2 is 1.78 bits per heavy atom. The van der Waals surface area contributed by atoms with Crippen molar-refractivity contribution in [1.82, 2.24) is 0 Å². The number of hydrogen-bond donors (Lipinski definition) is 0. The van der Waals surface area contributed by atoms with Crippen LogP contribution < -0.4 is 4.74 Å². The molecule has 1 heterocycles. The summed E-state index contributed by atoms with van der Waals surface area (Å²) in [6.45, 7) is 5.80. The molecule has 1 aliphatic rings. The zero-order valence-electron chi connectivity index (χ0n) is 14.9. The molecule has 0 aliphatic carbocycles. The first-order chi connectivity index (χ1) is 11.2. The lowest BCUT2D eigenvalue weighted by molar-refractivity contribution is 0.202. The molecule has 0 spiro atoms. The number of ether oxygens (including phenoxy) is 2. The van der Waals surface area contributed by atoms with Crippen LogP contribution >= 0.6 is 0 Å². The van der Waals surface area contributed by atoms with E-state index in [9.17, 15) is 0 Å². The first kappa shape index (κ1) is 18.1. The summed E-state index contributed by atoms with van der Waals surface area (Å²) in [5, 5.41) is 0. The minimum absolute atomic E-state index is 0.0609. The van der Waals surface area contributed by atoms with Crippen molar-refractivity contribution in [3.05, 3.63) is 35.9 Å². The van der Waals surface area contributed by atoms with Crippen LogP contribution in [0.3, 0.4) is 0 Å². The van der Waals surface area contributed by atoms with Crippen LogP contribution in [0.15, 0.2) is 30.3 Å². The molecule has 0 amide bonds. The molecule has 1 aromatic carbocycles.